The molecule has 0 unspecified atom stereocenters. The number of imidazole rings is 1. The normalized spacial score (nSPS) is 17.5. The van der Waals surface area contributed by atoms with Gasteiger partial charge in [-0.3, -0.25) is 9.89 Å². The first-order valence-corrected chi connectivity index (χ1v) is 11.0. The standard InChI is InChI=1S/C24H26N6O/c1-24(2)7-5-16-20(11-24)28-29-22(16)19-10-15-9-14(3-4-17(15)27-19)23(31)30-8-6-18-21(12-30)26-13-25-18/h3-4,9-10,13,27H,5-8,11-12H2,1-2H3,(H,25,26)(H,28,29). The Bertz CT molecular complexity index is 1310. The Balaban J connectivity index is 1.30. The highest BCUT2D eigenvalue weighted by atomic mass is 16.2. The zero-order chi connectivity index (χ0) is 21.2. The smallest absolute Gasteiger partial charge is 0.254 e. The Morgan fingerprint density at radius 3 is 2.97 bits per heavy atom. The van der Waals surface area contributed by atoms with E-state index in [4.69, 9.17) is 0 Å². The number of nitrogens with zero attached hydrogens (tertiary/aromatic N) is 3. The summed E-state index contributed by atoms with van der Waals surface area (Å²) >= 11 is 0. The minimum Gasteiger partial charge on any atom is -0.353 e. The predicted molar refractivity (Wildman–Crippen MR) is 119 cm³/mol. The lowest BCUT2D eigenvalue weighted by Crippen LogP contribution is -2.36. The zero-order valence-corrected chi connectivity index (χ0v) is 17.9. The van der Waals surface area contributed by atoms with Crippen LogP contribution in [0.25, 0.3) is 22.3 Å². The molecule has 7 nitrogen and oxygen atoms in total. The molecule has 3 aromatic heterocycles. The second-order valence-electron chi connectivity index (χ2n) is 9.66. The number of benzene rings is 1. The molecular formula is C24H26N6O. The maximum Gasteiger partial charge on any atom is 0.254 e. The van der Waals surface area contributed by atoms with E-state index in [2.05, 4.69) is 45.1 Å². The molecule has 6 rings (SSSR count). The Hall–Kier alpha value is -3.35. The molecule has 0 saturated carbocycles. The molecule has 1 aromatic carbocycles. The van der Waals surface area contributed by atoms with Crippen molar-refractivity contribution in [2.75, 3.05) is 6.54 Å². The molecule has 31 heavy (non-hydrogen) atoms. The van der Waals surface area contributed by atoms with Gasteiger partial charge in [-0.05, 0) is 48.9 Å². The molecule has 7 heteroatoms. The number of rotatable bonds is 2. The van der Waals surface area contributed by atoms with Crippen LogP contribution in [0.1, 0.15) is 53.3 Å². The fraction of sp³-hybridized carbons (Fsp3) is 0.375. The maximum atomic E-state index is 13.1. The fourth-order valence-electron chi connectivity index (χ4n) is 5.03. The molecule has 0 bridgehead atoms. The second-order valence-corrected chi connectivity index (χ2v) is 9.66. The van der Waals surface area contributed by atoms with E-state index in [1.165, 1.54) is 17.7 Å². The summed E-state index contributed by atoms with van der Waals surface area (Å²) in [5.74, 6) is 0.0595. The summed E-state index contributed by atoms with van der Waals surface area (Å²) in [5, 5.41) is 8.93. The maximum absolute atomic E-state index is 13.1. The van der Waals surface area contributed by atoms with Gasteiger partial charge < -0.3 is 14.9 Å². The Morgan fingerprint density at radius 2 is 2.06 bits per heavy atom. The second kappa shape index (κ2) is 6.57. The number of hydrogen-bond donors (Lipinski definition) is 3. The van der Waals surface area contributed by atoms with Gasteiger partial charge in [0.1, 0.15) is 5.69 Å². The molecule has 158 valence electrons. The van der Waals surface area contributed by atoms with Gasteiger partial charge in [0.2, 0.25) is 0 Å². The van der Waals surface area contributed by atoms with E-state index in [-0.39, 0.29) is 5.91 Å². The molecule has 0 fully saturated rings. The van der Waals surface area contributed by atoms with Crippen molar-refractivity contribution in [3.63, 3.8) is 0 Å². The molecule has 0 saturated heterocycles. The highest BCUT2D eigenvalue weighted by molar-refractivity contribution is 5.99. The molecule has 3 N–H and O–H groups in total. The monoisotopic (exact) mass is 414 g/mol. The molecule has 1 aliphatic carbocycles. The van der Waals surface area contributed by atoms with Crippen molar-refractivity contribution < 1.29 is 4.79 Å². The van der Waals surface area contributed by atoms with Crippen LogP contribution in [0, 0.1) is 5.41 Å². The first kappa shape index (κ1) is 18.4. The lowest BCUT2D eigenvalue weighted by Gasteiger charge is -2.28. The van der Waals surface area contributed by atoms with E-state index in [1.807, 2.05) is 23.1 Å². The molecule has 0 radical (unpaired) electrons. The Morgan fingerprint density at radius 1 is 1.16 bits per heavy atom. The summed E-state index contributed by atoms with van der Waals surface area (Å²) < 4.78 is 0. The highest BCUT2D eigenvalue weighted by Gasteiger charge is 2.29. The fourth-order valence-corrected chi connectivity index (χ4v) is 5.03. The zero-order valence-electron chi connectivity index (χ0n) is 17.9. The van der Waals surface area contributed by atoms with E-state index >= 15 is 0 Å². The van der Waals surface area contributed by atoms with Gasteiger partial charge in [0.15, 0.2) is 0 Å². The number of hydrogen-bond acceptors (Lipinski definition) is 3. The van der Waals surface area contributed by atoms with Crippen molar-refractivity contribution in [3.8, 4) is 11.4 Å². The van der Waals surface area contributed by atoms with E-state index in [0.717, 1.165) is 52.9 Å². The van der Waals surface area contributed by atoms with Crippen LogP contribution in [-0.4, -0.2) is 42.5 Å². The van der Waals surface area contributed by atoms with Gasteiger partial charge in [-0.25, -0.2) is 4.98 Å². The number of H-pyrrole nitrogens is 3. The first-order valence-electron chi connectivity index (χ1n) is 11.0. The molecule has 1 aliphatic heterocycles. The predicted octanol–water partition coefficient (Wildman–Crippen LogP) is 3.99. The number of aromatic amines is 3. The lowest BCUT2D eigenvalue weighted by molar-refractivity contribution is 0.0732. The van der Waals surface area contributed by atoms with Crippen molar-refractivity contribution in [1.82, 2.24) is 30.0 Å². The van der Waals surface area contributed by atoms with Crippen LogP contribution < -0.4 is 0 Å². The Labute approximate surface area is 180 Å². The van der Waals surface area contributed by atoms with Crippen molar-refractivity contribution in [2.45, 2.75) is 46.1 Å². The third-order valence-electron chi connectivity index (χ3n) is 6.84. The van der Waals surface area contributed by atoms with E-state index in [9.17, 15) is 4.79 Å². The van der Waals surface area contributed by atoms with Gasteiger partial charge in [0.25, 0.3) is 5.91 Å². The van der Waals surface area contributed by atoms with Gasteiger partial charge in [0, 0.05) is 40.7 Å². The largest absolute Gasteiger partial charge is 0.353 e. The van der Waals surface area contributed by atoms with Gasteiger partial charge in [-0.1, -0.05) is 13.8 Å². The van der Waals surface area contributed by atoms with E-state index in [0.29, 0.717) is 24.1 Å². The minimum absolute atomic E-state index is 0.0595. The molecule has 0 atom stereocenters. The van der Waals surface area contributed by atoms with Crippen LogP contribution in [0.3, 0.4) is 0 Å². The third kappa shape index (κ3) is 3.07. The van der Waals surface area contributed by atoms with Crippen LogP contribution >= 0.6 is 0 Å². The Kier molecular flexibility index (Phi) is 3.91. The van der Waals surface area contributed by atoms with Crippen molar-refractivity contribution in [1.29, 1.82) is 0 Å². The number of carbonyl (C=O) groups excluding carboxylic acids is 1. The quantitative estimate of drug-likeness (QED) is 0.463. The number of aromatic nitrogens is 5. The molecule has 4 aromatic rings. The van der Waals surface area contributed by atoms with Crippen LogP contribution in [0.4, 0.5) is 0 Å². The van der Waals surface area contributed by atoms with Crippen LogP contribution in [-0.2, 0) is 25.8 Å². The minimum atomic E-state index is 0.0595. The summed E-state index contributed by atoms with van der Waals surface area (Å²) in [6.07, 6.45) is 5.74. The molecule has 2 aliphatic rings. The van der Waals surface area contributed by atoms with Crippen molar-refractivity contribution in [2.24, 2.45) is 5.41 Å². The summed E-state index contributed by atoms with van der Waals surface area (Å²) in [6.45, 7) is 5.91. The van der Waals surface area contributed by atoms with Gasteiger partial charge in [-0.15, -0.1) is 0 Å². The summed E-state index contributed by atoms with van der Waals surface area (Å²) in [7, 11) is 0. The average molecular weight is 415 g/mol. The highest BCUT2D eigenvalue weighted by Crippen LogP contribution is 2.38. The van der Waals surface area contributed by atoms with Crippen molar-refractivity contribution in [3.05, 3.63) is 58.8 Å². The topological polar surface area (TPSA) is 93.5 Å². The van der Waals surface area contributed by atoms with Crippen LogP contribution in [0.5, 0.6) is 0 Å². The van der Waals surface area contributed by atoms with Gasteiger partial charge in [0.05, 0.1) is 30.0 Å². The average Bonchev–Trinajstić information content (AvgIpc) is 3.48. The SMILES string of the molecule is CC1(C)CCc2c(-c3cc4cc(C(=O)N5CCc6nc[nH]c6C5)ccc4[nH]3)n[nH]c2C1. The van der Waals surface area contributed by atoms with Crippen LogP contribution in [0.2, 0.25) is 0 Å². The summed E-state index contributed by atoms with van der Waals surface area (Å²) in [4.78, 5) is 26.0. The number of amides is 1. The number of fused-ring (bicyclic) bond motifs is 3. The summed E-state index contributed by atoms with van der Waals surface area (Å²) in [5.41, 5.74) is 8.76. The first-order chi connectivity index (χ1) is 15.0. The lowest BCUT2D eigenvalue weighted by atomic mass is 9.76. The van der Waals surface area contributed by atoms with Crippen LogP contribution in [0.15, 0.2) is 30.6 Å². The molecular weight excluding hydrogens is 388 g/mol. The third-order valence-corrected chi connectivity index (χ3v) is 6.84. The molecule has 0 spiro atoms. The number of carbonyl (C=O) groups is 1. The van der Waals surface area contributed by atoms with Gasteiger partial charge in [-0.2, -0.15) is 5.10 Å². The van der Waals surface area contributed by atoms with E-state index in [1.54, 1.807) is 6.33 Å². The van der Waals surface area contributed by atoms with Gasteiger partial charge >= 0.3 is 0 Å². The molecule has 1 amide bonds. The summed E-state index contributed by atoms with van der Waals surface area (Å²) in [6, 6.07) is 8.02. The van der Waals surface area contributed by atoms with Crippen molar-refractivity contribution >= 4 is 16.8 Å². The number of nitrogens with one attached hydrogen (secondary N) is 3. The molecule has 4 heterocycles. The van der Waals surface area contributed by atoms with E-state index < -0.39 is 0 Å².